The summed E-state index contributed by atoms with van der Waals surface area (Å²) in [7, 11) is 1.76. The van der Waals surface area contributed by atoms with Gasteiger partial charge in [-0.05, 0) is 42.0 Å². The zero-order valence-electron chi connectivity index (χ0n) is 14.0. The zero-order chi connectivity index (χ0) is 15.3. The van der Waals surface area contributed by atoms with Crippen LogP contribution in [0, 0.1) is 0 Å². The largest absolute Gasteiger partial charge is 0.496 e. The fraction of sp³-hybridized carbons (Fsp3) is 0.667. The average Bonchev–Trinajstić information content (AvgIpc) is 2.47. The van der Waals surface area contributed by atoms with E-state index < -0.39 is 0 Å². The van der Waals surface area contributed by atoms with Crippen molar-refractivity contribution in [2.75, 3.05) is 39.8 Å². The summed E-state index contributed by atoms with van der Waals surface area (Å²) >= 11 is 0. The summed E-state index contributed by atoms with van der Waals surface area (Å²) in [4.78, 5) is 2.56. The molecule has 1 aliphatic heterocycles. The van der Waals surface area contributed by atoms with Crippen molar-refractivity contribution < 1.29 is 4.74 Å². The van der Waals surface area contributed by atoms with Gasteiger partial charge in [0.1, 0.15) is 5.75 Å². The molecule has 0 spiro atoms. The summed E-state index contributed by atoms with van der Waals surface area (Å²) in [6.07, 6.45) is 2.38. The van der Waals surface area contributed by atoms with Gasteiger partial charge in [-0.2, -0.15) is 0 Å². The summed E-state index contributed by atoms with van der Waals surface area (Å²) in [6.45, 7) is 12.6. The molecule has 1 aliphatic rings. The number of hydrogen-bond acceptors (Lipinski definition) is 3. The second-order valence-electron chi connectivity index (χ2n) is 6.98. The number of nitrogens with zero attached hydrogens (tertiary/aromatic N) is 1. The molecule has 1 aromatic carbocycles. The summed E-state index contributed by atoms with van der Waals surface area (Å²) < 4.78 is 5.51. The van der Waals surface area contributed by atoms with E-state index in [-0.39, 0.29) is 5.41 Å². The van der Waals surface area contributed by atoms with E-state index in [9.17, 15) is 0 Å². The normalized spacial score (nSPS) is 17.0. The van der Waals surface area contributed by atoms with Crippen molar-refractivity contribution in [2.45, 2.75) is 39.0 Å². The minimum atomic E-state index is 0.125. The quantitative estimate of drug-likeness (QED) is 0.902. The number of aryl methyl sites for hydroxylation is 1. The Morgan fingerprint density at radius 2 is 1.90 bits per heavy atom. The summed E-state index contributed by atoms with van der Waals surface area (Å²) in [5.41, 5.74) is 2.86. The van der Waals surface area contributed by atoms with Crippen molar-refractivity contribution in [3.05, 3.63) is 29.3 Å². The van der Waals surface area contributed by atoms with Crippen LogP contribution in [-0.2, 0) is 11.8 Å². The van der Waals surface area contributed by atoms with Crippen LogP contribution < -0.4 is 10.1 Å². The topological polar surface area (TPSA) is 24.5 Å². The summed E-state index contributed by atoms with van der Waals surface area (Å²) in [5, 5.41) is 3.40. The van der Waals surface area contributed by atoms with Crippen molar-refractivity contribution in [2.24, 2.45) is 0 Å². The maximum atomic E-state index is 5.51. The smallest absolute Gasteiger partial charge is 0.122 e. The van der Waals surface area contributed by atoms with Gasteiger partial charge < -0.3 is 15.0 Å². The summed E-state index contributed by atoms with van der Waals surface area (Å²) in [6, 6.07) is 6.67. The molecular formula is C18H30N2O. The van der Waals surface area contributed by atoms with Gasteiger partial charge in [0.05, 0.1) is 7.11 Å². The van der Waals surface area contributed by atoms with Gasteiger partial charge in [0.15, 0.2) is 0 Å². The Balaban J connectivity index is 1.94. The molecule has 0 amide bonds. The van der Waals surface area contributed by atoms with Crippen LogP contribution >= 0.6 is 0 Å². The molecule has 1 aromatic rings. The minimum Gasteiger partial charge on any atom is -0.496 e. The maximum absolute atomic E-state index is 5.51. The molecule has 1 heterocycles. The first-order valence-electron chi connectivity index (χ1n) is 8.11. The third kappa shape index (κ3) is 4.72. The number of nitrogens with one attached hydrogen (secondary N) is 1. The van der Waals surface area contributed by atoms with Gasteiger partial charge in [-0.25, -0.2) is 0 Å². The second-order valence-corrected chi connectivity index (χ2v) is 6.98. The Kier molecular flexibility index (Phi) is 5.65. The Hall–Kier alpha value is -1.06. The highest BCUT2D eigenvalue weighted by Gasteiger charge is 2.19. The van der Waals surface area contributed by atoms with Gasteiger partial charge in [0.2, 0.25) is 0 Å². The van der Waals surface area contributed by atoms with E-state index in [1.165, 1.54) is 37.2 Å². The monoisotopic (exact) mass is 290 g/mol. The van der Waals surface area contributed by atoms with Gasteiger partial charge in [-0.3, -0.25) is 0 Å². The zero-order valence-corrected chi connectivity index (χ0v) is 14.0. The molecule has 0 aromatic heterocycles. The molecule has 0 aliphatic carbocycles. The third-order valence-corrected chi connectivity index (χ3v) is 4.22. The average molecular weight is 290 g/mol. The molecule has 1 saturated heterocycles. The number of ether oxygens (including phenoxy) is 1. The number of methoxy groups -OCH3 is 1. The van der Waals surface area contributed by atoms with Crippen LogP contribution in [0.1, 0.15) is 38.3 Å². The van der Waals surface area contributed by atoms with Crippen LogP contribution in [-0.4, -0.2) is 44.7 Å². The predicted octanol–water partition coefficient (Wildman–Crippen LogP) is 2.83. The maximum Gasteiger partial charge on any atom is 0.122 e. The van der Waals surface area contributed by atoms with Crippen LogP contribution in [0.3, 0.4) is 0 Å². The Morgan fingerprint density at radius 3 is 2.52 bits per heavy atom. The fourth-order valence-corrected chi connectivity index (χ4v) is 2.94. The van der Waals surface area contributed by atoms with Crippen molar-refractivity contribution in [1.29, 1.82) is 0 Å². The van der Waals surface area contributed by atoms with Crippen LogP contribution in [0.25, 0.3) is 0 Å². The van der Waals surface area contributed by atoms with Gasteiger partial charge in [0, 0.05) is 26.2 Å². The van der Waals surface area contributed by atoms with E-state index >= 15 is 0 Å². The molecule has 3 nitrogen and oxygen atoms in total. The first-order chi connectivity index (χ1) is 10.0. The van der Waals surface area contributed by atoms with E-state index in [2.05, 4.69) is 49.2 Å². The SMILES string of the molecule is COc1ccc(CCCN2CCNCC2)cc1C(C)(C)C. The number of benzene rings is 1. The van der Waals surface area contributed by atoms with Gasteiger partial charge in [-0.1, -0.05) is 32.9 Å². The van der Waals surface area contributed by atoms with E-state index in [0.29, 0.717) is 0 Å². The molecular weight excluding hydrogens is 260 g/mol. The van der Waals surface area contributed by atoms with Crippen LogP contribution in [0.4, 0.5) is 0 Å². The standard InChI is InChI=1S/C18H30N2O/c1-18(2,3)16-14-15(7-8-17(16)21-4)6-5-11-20-12-9-19-10-13-20/h7-8,14,19H,5-6,9-13H2,1-4H3. The first kappa shape index (κ1) is 16.3. The van der Waals surface area contributed by atoms with Crippen molar-refractivity contribution in [3.63, 3.8) is 0 Å². The van der Waals surface area contributed by atoms with E-state index in [4.69, 9.17) is 4.74 Å². The van der Waals surface area contributed by atoms with E-state index in [1.807, 2.05) is 0 Å². The molecule has 0 bridgehead atoms. The number of hydrogen-bond donors (Lipinski definition) is 1. The molecule has 118 valence electrons. The Labute approximate surface area is 129 Å². The molecule has 1 N–H and O–H groups in total. The number of rotatable bonds is 5. The highest BCUT2D eigenvalue weighted by molar-refractivity contribution is 5.41. The first-order valence-corrected chi connectivity index (χ1v) is 8.11. The Bertz CT molecular complexity index is 445. The van der Waals surface area contributed by atoms with Crippen molar-refractivity contribution >= 4 is 0 Å². The van der Waals surface area contributed by atoms with Gasteiger partial charge in [-0.15, -0.1) is 0 Å². The molecule has 0 unspecified atom stereocenters. The molecule has 2 rings (SSSR count). The highest BCUT2D eigenvalue weighted by atomic mass is 16.5. The minimum absolute atomic E-state index is 0.125. The number of piperazine rings is 1. The molecule has 3 heteroatoms. The van der Waals surface area contributed by atoms with E-state index in [1.54, 1.807) is 7.11 Å². The fourth-order valence-electron chi connectivity index (χ4n) is 2.94. The van der Waals surface area contributed by atoms with E-state index in [0.717, 1.165) is 25.3 Å². The molecule has 0 atom stereocenters. The van der Waals surface area contributed by atoms with Crippen LogP contribution in [0.15, 0.2) is 18.2 Å². The van der Waals surface area contributed by atoms with Gasteiger partial charge >= 0.3 is 0 Å². The second kappa shape index (κ2) is 7.28. The molecule has 0 saturated carbocycles. The highest BCUT2D eigenvalue weighted by Crippen LogP contribution is 2.32. The third-order valence-electron chi connectivity index (χ3n) is 4.22. The lowest BCUT2D eigenvalue weighted by Crippen LogP contribution is -2.43. The molecule has 1 fully saturated rings. The van der Waals surface area contributed by atoms with Crippen molar-refractivity contribution in [1.82, 2.24) is 10.2 Å². The van der Waals surface area contributed by atoms with Crippen molar-refractivity contribution in [3.8, 4) is 5.75 Å². The Morgan fingerprint density at radius 1 is 1.19 bits per heavy atom. The molecule has 0 radical (unpaired) electrons. The summed E-state index contributed by atoms with van der Waals surface area (Å²) in [5.74, 6) is 1.01. The molecule has 21 heavy (non-hydrogen) atoms. The van der Waals surface area contributed by atoms with Crippen LogP contribution in [0.5, 0.6) is 5.75 Å². The van der Waals surface area contributed by atoms with Crippen LogP contribution in [0.2, 0.25) is 0 Å². The predicted molar refractivity (Wildman–Crippen MR) is 89.3 cm³/mol. The lowest BCUT2D eigenvalue weighted by atomic mass is 9.85. The lowest BCUT2D eigenvalue weighted by molar-refractivity contribution is 0.238. The lowest BCUT2D eigenvalue weighted by Gasteiger charge is -2.27. The van der Waals surface area contributed by atoms with Gasteiger partial charge in [0.25, 0.3) is 0 Å².